The van der Waals surface area contributed by atoms with Gasteiger partial charge in [0.05, 0.1) is 6.54 Å². The molecule has 5 heteroatoms. The lowest BCUT2D eigenvalue weighted by molar-refractivity contribution is -0.129. The number of hydrogen-bond acceptors (Lipinski definition) is 3. The fraction of sp³-hybridized carbons (Fsp3) is 0.316. The lowest BCUT2D eigenvalue weighted by Crippen LogP contribution is -2.50. The zero-order chi connectivity index (χ0) is 16.9. The number of aryl methyl sites for hydroxylation is 1. The molecule has 0 bridgehead atoms. The molecule has 0 spiro atoms. The van der Waals surface area contributed by atoms with E-state index in [0.717, 1.165) is 36.3 Å². The van der Waals surface area contributed by atoms with E-state index in [-0.39, 0.29) is 5.91 Å². The zero-order valence-corrected chi connectivity index (χ0v) is 15.4. The van der Waals surface area contributed by atoms with E-state index in [4.69, 9.17) is 0 Å². The van der Waals surface area contributed by atoms with Crippen LogP contribution >= 0.6 is 15.9 Å². The van der Waals surface area contributed by atoms with Crippen LogP contribution in [0.3, 0.4) is 0 Å². The largest absolute Gasteiger partial charge is 0.375 e. The Bertz CT molecular complexity index is 711. The minimum absolute atomic E-state index is 0.148. The summed E-state index contributed by atoms with van der Waals surface area (Å²) in [6, 6.07) is 16.4. The van der Waals surface area contributed by atoms with Gasteiger partial charge < -0.3 is 15.1 Å². The van der Waals surface area contributed by atoms with E-state index >= 15 is 0 Å². The predicted octanol–water partition coefficient (Wildman–Crippen LogP) is 3.52. The van der Waals surface area contributed by atoms with Crippen LogP contribution in [0.25, 0.3) is 0 Å². The first-order valence-corrected chi connectivity index (χ1v) is 9.00. The molecule has 2 aromatic rings. The number of piperazine rings is 1. The second kappa shape index (κ2) is 7.71. The van der Waals surface area contributed by atoms with Crippen molar-refractivity contribution in [3.05, 3.63) is 58.6 Å². The van der Waals surface area contributed by atoms with Crippen molar-refractivity contribution in [3.63, 3.8) is 0 Å². The van der Waals surface area contributed by atoms with Crippen molar-refractivity contribution < 1.29 is 4.79 Å². The van der Waals surface area contributed by atoms with Crippen LogP contribution < -0.4 is 10.2 Å². The Morgan fingerprint density at radius 3 is 2.54 bits per heavy atom. The molecule has 1 amide bonds. The summed E-state index contributed by atoms with van der Waals surface area (Å²) in [5.41, 5.74) is 3.46. The first-order chi connectivity index (χ1) is 11.6. The average molecular weight is 388 g/mol. The maximum Gasteiger partial charge on any atom is 0.241 e. The Morgan fingerprint density at radius 2 is 1.83 bits per heavy atom. The van der Waals surface area contributed by atoms with Crippen molar-refractivity contribution in [2.45, 2.75) is 6.92 Å². The van der Waals surface area contributed by atoms with E-state index in [1.807, 2.05) is 29.2 Å². The summed E-state index contributed by atoms with van der Waals surface area (Å²) in [5, 5.41) is 3.21. The molecular weight excluding hydrogens is 366 g/mol. The van der Waals surface area contributed by atoms with E-state index in [9.17, 15) is 4.79 Å². The molecule has 3 rings (SSSR count). The van der Waals surface area contributed by atoms with Crippen LogP contribution in [0.2, 0.25) is 0 Å². The number of amides is 1. The smallest absolute Gasteiger partial charge is 0.241 e. The van der Waals surface area contributed by atoms with Gasteiger partial charge in [-0.15, -0.1) is 0 Å². The van der Waals surface area contributed by atoms with Gasteiger partial charge in [-0.05, 0) is 52.7 Å². The molecule has 0 aromatic heterocycles. The zero-order valence-electron chi connectivity index (χ0n) is 13.8. The van der Waals surface area contributed by atoms with Gasteiger partial charge >= 0.3 is 0 Å². The Morgan fingerprint density at radius 1 is 1.08 bits per heavy atom. The molecule has 0 unspecified atom stereocenters. The van der Waals surface area contributed by atoms with Crippen molar-refractivity contribution in [1.29, 1.82) is 0 Å². The van der Waals surface area contributed by atoms with E-state index < -0.39 is 0 Å². The van der Waals surface area contributed by atoms with E-state index in [1.165, 1.54) is 11.3 Å². The highest BCUT2D eigenvalue weighted by molar-refractivity contribution is 9.10. The van der Waals surface area contributed by atoms with E-state index in [0.29, 0.717) is 6.54 Å². The molecular formula is C19H22BrN3O. The third-order valence-electron chi connectivity index (χ3n) is 4.30. The van der Waals surface area contributed by atoms with Gasteiger partial charge in [0.1, 0.15) is 0 Å². The lowest BCUT2D eigenvalue weighted by atomic mass is 10.2. The van der Waals surface area contributed by atoms with Crippen LogP contribution in [0.4, 0.5) is 11.4 Å². The summed E-state index contributed by atoms with van der Waals surface area (Å²) in [7, 11) is 0. The molecule has 1 aliphatic heterocycles. The average Bonchev–Trinajstić information content (AvgIpc) is 2.61. The van der Waals surface area contributed by atoms with Gasteiger partial charge in [-0.25, -0.2) is 0 Å². The van der Waals surface area contributed by atoms with Crippen molar-refractivity contribution in [1.82, 2.24) is 4.90 Å². The highest BCUT2D eigenvalue weighted by atomic mass is 79.9. The van der Waals surface area contributed by atoms with Crippen LogP contribution in [-0.2, 0) is 4.79 Å². The Kier molecular flexibility index (Phi) is 5.41. The fourth-order valence-corrected chi connectivity index (χ4v) is 3.35. The molecule has 24 heavy (non-hydrogen) atoms. The molecule has 4 nitrogen and oxygen atoms in total. The topological polar surface area (TPSA) is 35.6 Å². The highest BCUT2D eigenvalue weighted by Gasteiger charge is 2.21. The maximum atomic E-state index is 12.4. The summed E-state index contributed by atoms with van der Waals surface area (Å²) in [6.45, 7) is 5.73. The fourth-order valence-electron chi connectivity index (χ4n) is 2.93. The molecule has 1 aliphatic rings. The van der Waals surface area contributed by atoms with Gasteiger partial charge in [0.2, 0.25) is 5.91 Å². The molecule has 2 aromatic carbocycles. The van der Waals surface area contributed by atoms with E-state index in [2.05, 4.69) is 57.3 Å². The molecule has 1 fully saturated rings. The minimum Gasteiger partial charge on any atom is -0.375 e. The number of halogens is 1. The number of carbonyl (C=O) groups excluding carboxylic acids is 1. The van der Waals surface area contributed by atoms with Crippen molar-refractivity contribution >= 4 is 33.2 Å². The summed E-state index contributed by atoms with van der Waals surface area (Å²) < 4.78 is 0.974. The van der Waals surface area contributed by atoms with Crippen molar-refractivity contribution in [2.24, 2.45) is 0 Å². The molecule has 1 saturated heterocycles. The molecule has 1 N–H and O–H groups in total. The van der Waals surface area contributed by atoms with Crippen LogP contribution in [-0.4, -0.2) is 43.5 Å². The molecule has 0 saturated carbocycles. The normalized spacial score (nSPS) is 14.6. The number of nitrogens with one attached hydrogen (secondary N) is 1. The molecule has 1 heterocycles. The Balaban J connectivity index is 1.51. The highest BCUT2D eigenvalue weighted by Crippen LogP contribution is 2.21. The quantitative estimate of drug-likeness (QED) is 0.871. The van der Waals surface area contributed by atoms with Crippen LogP contribution in [0.1, 0.15) is 5.56 Å². The standard InChI is InChI=1S/C19H22BrN3O/c1-15-5-4-6-16(13-15)22-9-11-23(12-10-22)19(24)14-21-18-8-3-2-7-17(18)20/h2-8,13,21H,9-12,14H2,1H3. The maximum absolute atomic E-state index is 12.4. The summed E-state index contributed by atoms with van der Waals surface area (Å²) in [4.78, 5) is 16.7. The van der Waals surface area contributed by atoms with Crippen LogP contribution in [0.5, 0.6) is 0 Å². The Labute approximate surface area is 151 Å². The number of rotatable bonds is 4. The first-order valence-electron chi connectivity index (χ1n) is 8.21. The van der Waals surface area contributed by atoms with Gasteiger partial charge in [-0.2, -0.15) is 0 Å². The number of anilines is 2. The number of benzene rings is 2. The number of nitrogens with zero attached hydrogens (tertiary/aromatic N) is 2. The second-order valence-corrected chi connectivity index (χ2v) is 6.89. The lowest BCUT2D eigenvalue weighted by Gasteiger charge is -2.36. The monoisotopic (exact) mass is 387 g/mol. The van der Waals surface area contributed by atoms with Gasteiger partial charge in [0.15, 0.2) is 0 Å². The number of hydrogen-bond donors (Lipinski definition) is 1. The number of carbonyl (C=O) groups is 1. The van der Waals surface area contributed by atoms with Gasteiger partial charge in [0, 0.05) is 42.0 Å². The van der Waals surface area contributed by atoms with Crippen molar-refractivity contribution in [2.75, 3.05) is 42.9 Å². The predicted molar refractivity (Wildman–Crippen MR) is 103 cm³/mol. The van der Waals surface area contributed by atoms with Crippen molar-refractivity contribution in [3.8, 4) is 0 Å². The number of para-hydroxylation sites is 1. The van der Waals surface area contributed by atoms with E-state index in [1.54, 1.807) is 0 Å². The summed E-state index contributed by atoms with van der Waals surface area (Å²) in [5.74, 6) is 0.148. The summed E-state index contributed by atoms with van der Waals surface area (Å²) >= 11 is 3.49. The van der Waals surface area contributed by atoms with Gasteiger partial charge in [-0.1, -0.05) is 24.3 Å². The SMILES string of the molecule is Cc1cccc(N2CCN(C(=O)CNc3ccccc3Br)CC2)c1. The van der Waals surface area contributed by atoms with Crippen LogP contribution in [0.15, 0.2) is 53.0 Å². The molecule has 0 atom stereocenters. The van der Waals surface area contributed by atoms with Gasteiger partial charge in [0.25, 0.3) is 0 Å². The molecule has 0 aliphatic carbocycles. The first kappa shape index (κ1) is 16.8. The molecule has 126 valence electrons. The van der Waals surface area contributed by atoms with Gasteiger partial charge in [-0.3, -0.25) is 4.79 Å². The third-order valence-corrected chi connectivity index (χ3v) is 4.99. The second-order valence-electron chi connectivity index (χ2n) is 6.04. The molecule has 0 radical (unpaired) electrons. The Hall–Kier alpha value is -2.01. The summed E-state index contributed by atoms with van der Waals surface area (Å²) in [6.07, 6.45) is 0. The minimum atomic E-state index is 0.148. The van der Waals surface area contributed by atoms with Crippen LogP contribution in [0, 0.1) is 6.92 Å². The third kappa shape index (κ3) is 4.09.